The molecule has 1 heterocycles. The third-order valence-electron chi connectivity index (χ3n) is 2.80. The van der Waals surface area contributed by atoms with E-state index < -0.39 is 0 Å². The van der Waals surface area contributed by atoms with Gasteiger partial charge in [-0.15, -0.1) is 5.10 Å². The van der Waals surface area contributed by atoms with Crippen LogP contribution in [0, 0.1) is 5.82 Å². The molecule has 1 aromatic carbocycles. The normalized spacial score (nSPS) is 11.0. The minimum absolute atomic E-state index is 0.203. The van der Waals surface area contributed by atoms with Crippen LogP contribution in [0.25, 0.3) is 0 Å². The predicted molar refractivity (Wildman–Crippen MR) is 78.5 cm³/mol. The molecule has 0 bridgehead atoms. The van der Waals surface area contributed by atoms with Gasteiger partial charge in [-0.25, -0.2) is 9.07 Å². The van der Waals surface area contributed by atoms with Crippen LogP contribution >= 0.6 is 11.8 Å². The van der Waals surface area contributed by atoms with Crippen LogP contribution in [0.3, 0.4) is 0 Å². The van der Waals surface area contributed by atoms with Crippen LogP contribution in [-0.4, -0.2) is 47.0 Å². The average molecular weight is 311 g/mol. The van der Waals surface area contributed by atoms with Crippen molar-refractivity contribution in [3.63, 3.8) is 0 Å². The summed E-state index contributed by atoms with van der Waals surface area (Å²) in [5, 5.41) is 15.5. The van der Waals surface area contributed by atoms with E-state index in [0.717, 1.165) is 13.1 Å². The maximum atomic E-state index is 13.5. The predicted octanol–water partition coefficient (Wildman–Crippen LogP) is 1.34. The van der Waals surface area contributed by atoms with Crippen LogP contribution in [0.5, 0.6) is 0 Å². The Bertz CT molecular complexity index is 551. The highest BCUT2D eigenvalue weighted by molar-refractivity contribution is 7.98. The van der Waals surface area contributed by atoms with Crippen LogP contribution in [0.15, 0.2) is 29.4 Å². The lowest BCUT2D eigenvalue weighted by Gasteiger charge is -2.06. The molecule has 6 nitrogen and oxygen atoms in total. The zero-order valence-corrected chi connectivity index (χ0v) is 12.6. The van der Waals surface area contributed by atoms with Gasteiger partial charge in [-0.05, 0) is 22.1 Å². The largest absolute Gasteiger partial charge is 0.383 e. The van der Waals surface area contributed by atoms with Gasteiger partial charge in [0.1, 0.15) is 5.82 Å². The molecule has 2 rings (SSSR count). The number of ether oxygens (including phenoxy) is 1. The lowest BCUT2D eigenvalue weighted by atomic mass is 10.2. The second-order valence-corrected chi connectivity index (χ2v) is 5.25. The molecule has 0 saturated heterocycles. The number of benzene rings is 1. The minimum atomic E-state index is -0.203. The van der Waals surface area contributed by atoms with Crippen molar-refractivity contribution in [1.82, 2.24) is 25.5 Å². The number of aromatic nitrogens is 4. The monoisotopic (exact) mass is 311 g/mol. The number of hydrogen-bond acceptors (Lipinski definition) is 6. The van der Waals surface area contributed by atoms with Gasteiger partial charge in [0.05, 0.1) is 13.2 Å². The fraction of sp³-hybridized carbons (Fsp3) is 0.462. The van der Waals surface area contributed by atoms with Crippen LogP contribution in [0.4, 0.5) is 4.39 Å². The van der Waals surface area contributed by atoms with E-state index in [1.165, 1.54) is 17.8 Å². The number of nitrogens with zero attached hydrogens (tertiary/aromatic N) is 4. The lowest BCUT2D eigenvalue weighted by molar-refractivity contribution is 0.199. The molecular weight excluding hydrogens is 293 g/mol. The smallest absolute Gasteiger partial charge is 0.209 e. The summed E-state index contributed by atoms with van der Waals surface area (Å²) in [5.74, 6) is 0.301. The van der Waals surface area contributed by atoms with E-state index in [9.17, 15) is 4.39 Å². The summed E-state index contributed by atoms with van der Waals surface area (Å²) < 4.78 is 20.2. The van der Waals surface area contributed by atoms with E-state index in [-0.39, 0.29) is 5.82 Å². The van der Waals surface area contributed by atoms with Crippen LogP contribution < -0.4 is 5.32 Å². The van der Waals surface area contributed by atoms with Crippen molar-refractivity contribution in [3.05, 3.63) is 35.6 Å². The highest BCUT2D eigenvalue weighted by Crippen LogP contribution is 2.21. The van der Waals surface area contributed by atoms with Gasteiger partial charge in [0.25, 0.3) is 0 Å². The first-order valence-corrected chi connectivity index (χ1v) is 7.62. The number of methoxy groups -OCH3 is 1. The Labute approximate surface area is 127 Å². The quantitative estimate of drug-likeness (QED) is 0.557. The van der Waals surface area contributed by atoms with Gasteiger partial charge in [-0.2, -0.15) is 0 Å². The maximum Gasteiger partial charge on any atom is 0.209 e. The standard InChI is InChI=1S/C13H18FN5OS/c1-20-9-7-15-6-8-19-13(16-17-18-19)21-10-11-4-2-3-5-12(11)14/h2-5,15H,6-10H2,1H3. The van der Waals surface area contributed by atoms with E-state index in [1.54, 1.807) is 23.9 Å². The van der Waals surface area contributed by atoms with Crippen molar-refractivity contribution in [3.8, 4) is 0 Å². The molecule has 0 amide bonds. The fourth-order valence-corrected chi connectivity index (χ4v) is 2.57. The number of hydrogen-bond donors (Lipinski definition) is 1. The summed E-state index contributed by atoms with van der Waals surface area (Å²) in [6, 6.07) is 6.72. The second kappa shape index (κ2) is 8.71. The van der Waals surface area contributed by atoms with Gasteiger partial charge in [0.15, 0.2) is 0 Å². The van der Waals surface area contributed by atoms with E-state index in [0.29, 0.717) is 29.6 Å². The highest BCUT2D eigenvalue weighted by Gasteiger charge is 2.08. The van der Waals surface area contributed by atoms with Gasteiger partial charge in [-0.3, -0.25) is 0 Å². The Morgan fingerprint density at radius 1 is 1.33 bits per heavy atom. The van der Waals surface area contributed by atoms with Gasteiger partial charge < -0.3 is 10.1 Å². The molecule has 114 valence electrons. The Kier molecular flexibility index (Phi) is 6.58. The maximum absolute atomic E-state index is 13.5. The third-order valence-corrected chi connectivity index (χ3v) is 3.80. The first-order valence-electron chi connectivity index (χ1n) is 6.63. The van der Waals surface area contributed by atoms with Crippen molar-refractivity contribution in [2.75, 3.05) is 26.8 Å². The second-order valence-electron chi connectivity index (χ2n) is 4.31. The summed E-state index contributed by atoms with van der Waals surface area (Å²) in [4.78, 5) is 0. The Balaban J connectivity index is 1.81. The van der Waals surface area contributed by atoms with Gasteiger partial charge in [0.2, 0.25) is 5.16 Å². The summed E-state index contributed by atoms with van der Waals surface area (Å²) >= 11 is 1.42. The third kappa shape index (κ3) is 5.07. The first-order chi connectivity index (χ1) is 10.3. The van der Waals surface area contributed by atoms with Crippen molar-refractivity contribution < 1.29 is 9.13 Å². The molecule has 0 aliphatic rings. The molecule has 2 aromatic rings. The molecule has 0 fully saturated rings. The zero-order valence-electron chi connectivity index (χ0n) is 11.8. The molecule has 0 aliphatic carbocycles. The van der Waals surface area contributed by atoms with E-state index in [1.807, 2.05) is 6.07 Å². The number of tetrazole rings is 1. The van der Waals surface area contributed by atoms with Gasteiger partial charge >= 0.3 is 0 Å². The molecule has 0 saturated carbocycles. The van der Waals surface area contributed by atoms with Crippen molar-refractivity contribution in [2.24, 2.45) is 0 Å². The molecule has 0 radical (unpaired) electrons. The minimum Gasteiger partial charge on any atom is -0.383 e. The number of rotatable bonds is 9. The number of nitrogens with one attached hydrogen (secondary N) is 1. The van der Waals surface area contributed by atoms with Crippen molar-refractivity contribution >= 4 is 11.8 Å². The van der Waals surface area contributed by atoms with Crippen LogP contribution in [-0.2, 0) is 17.0 Å². The molecule has 0 aliphatic heterocycles. The lowest BCUT2D eigenvalue weighted by Crippen LogP contribution is -2.24. The van der Waals surface area contributed by atoms with Crippen molar-refractivity contribution in [1.29, 1.82) is 0 Å². The molecule has 0 spiro atoms. The van der Waals surface area contributed by atoms with E-state index in [2.05, 4.69) is 20.8 Å². The Morgan fingerprint density at radius 3 is 3.00 bits per heavy atom. The number of halogens is 1. The molecule has 21 heavy (non-hydrogen) atoms. The summed E-state index contributed by atoms with van der Waals surface area (Å²) in [6.45, 7) is 2.87. The molecule has 8 heteroatoms. The Morgan fingerprint density at radius 2 is 2.19 bits per heavy atom. The van der Waals surface area contributed by atoms with Crippen LogP contribution in [0.2, 0.25) is 0 Å². The molecule has 0 unspecified atom stereocenters. The molecule has 0 atom stereocenters. The zero-order chi connectivity index (χ0) is 14.9. The molecule has 1 aromatic heterocycles. The SMILES string of the molecule is COCCNCCn1nnnc1SCc1ccccc1F. The van der Waals surface area contributed by atoms with Gasteiger partial charge in [0, 0.05) is 26.0 Å². The topological polar surface area (TPSA) is 64.9 Å². The summed E-state index contributed by atoms with van der Waals surface area (Å²) in [5.41, 5.74) is 0.648. The van der Waals surface area contributed by atoms with E-state index >= 15 is 0 Å². The summed E-state index contributed by atoms with van der Waals surface area (Å²) in [6.07, 6.45) is 0. The summed E-state index contributed by atoms with van der Waals surface area (Å²) in [7, 11) is 1.67. The van der Waals surface area contributed by atoms with Gasteiger partial charge in [-0.1, -0.05) is 30.0 Å². The fourth-order valence-electron chi connectivity index (χ4n) is 1.68. The van der Waals surface area contributed by atoms with Crippen LogP contribution in [0.1, 0.15) is 5.56 Å². The average Bonchev–Trinajstić information content (AvgIpc) is 2.94. The highest BCUT2D eigenvalue weighted by atomic mass is 32.2. The van der Waals surface area contributed by atoms with E-state index in [4.69, 9.17) is 4.74 Å². The Hall–Kier alpha value is -1.51. The van der Waals surface area contributed by atoms with Crippen molar-refractivity contribution in [2.45, 2.75) is 17.5 Å². The molecular formula is C13H18FN5OS. The number of thioether (sulfide) groups is 1. The molecule has 1 N–H and O–H groups in total. The first kappa shape index (κ1) is 15.9.